The quantitative estimate of drug-likeness (QED) is 0.641. The fourth-order valence-corrected chi connectivity index (χ4v) is 3.71. The number of primary amides is 1. The number of hydrogen-bond acceptors (Lipinski definition) is 7. The van der Waals surface area contributed by atoms with E-state index in [2.05, 4.69) is 15.3 Å². The molecule has 1 unspecified atom stereocenters. The second-order valence-electron chi connectivity index (χ2n) is 5.97. The Balaban J connectivity index is 2.02. The zero-order valence-corrected chi connectivity index (χ0v) is 15.9. The minimum Gasteiger partial charge on any atom is -0.486 e. The summed E-state index contributed by atoms with van der Waals surface area (Å²) in [6.07, 6.45) is 1.12. The van der Waals surface area contributed by atoms with E-state index in [-0.39, 0.29) is 6.10 Å². The van der Waals surface area contributed by atoms with Crippen molar-refractivity contribution >= 4 is 39.0 Å². The van der Waals surface area contributed by atoms with Gasteiger partial charge in [-0.15, -0.1) is 11.3 Å². The molecule has 2 aromatic heterocycles. The van der Waals surface area contributed by atoms with E-state index in [9.17, 15) is 9.18 Å². The highest BCUT2D eigenvalue weighted by Gasteiger charge is 2.19. The number of carbonyl (C=O) groups is 1. The highest BCUT2D eigenvalue weighted by atomic mass is 32.1. The zero-order valence-electron chi connectivity index (χ0n) is 15.1. The summed E-state index contributed by atoms with van der Waals surface area (Å²) >= 11 is 1.21. The van der Waals surface area contributed by atoms with Crippen molar-refractivity contribution in [3.05, 3.63) is 40.8 Å². The SMILES string of the molecule is COCC(C)Oc1cc(F)ccc1Nc1ncnc2sc(C(N)=O)c(C)c12. The first-order valence-corrected chi connectivity index (χ1v) is 8.98. The predicted molar refractivity (Wildman–Crippen MR) is 102 cm³/mol. The number of halogens is 1. The van der Waals surface area contributed by atoms with Gasteiger partial charge >= 0.3 is 0 Å². The highest BCUT2D eigenvalue weighted by molar-refractivity contribution is 7.20. The summed E-state index contributed by atoms with van der Waals surface area (Å²) in [6, 6.07) is 4.18. The smallest absolute Gasteiger partial charge is 0.259 e. The Morgan fingerprint density at radius 2 is 2.19 bits per heavy atom. The average Bonchev–Trinajstić information content (AvgIpc) is 2.95. The number of aryl methyl sites for hydroxylation is 1. The number of anilines is 2. The molecule has 9 heteroatoms. The first-order valence-electron chi connectivity index (χ1n) is 8.16. The number of benzene rings is 1. The van der Waals surface area contributed by atoms with E-state index in [0.29, 0.717) is 44.5 Å². The molecule has 0 aliphatic rings. The van der Waals surface area contributed by atoms with Gasteiger partial charge in [0.25, 0.3) is 5.91 Å². The Bertz CT molecular complexity index is 992. The minimum atomic E-state index is -0.513. The van der Waals surface area contributed by atoms with Crippen LogP contribution in [-0.2, 0) is 4.74 Å². The van der Waals surface area contributed by atoms with E-state index < -0.39 is 11.7 Å². The summed E-state index contributed by atoms with van der Waals surface area (Å²) in [5, 5.41) is 3.85. The number of methoxy groups -OCH3 is 1. The van der Waals surface area contributed by atoms with Crippen LogP contribution in [0, 0.1) is 12.7 Å². The van der Waals surface area contributed by atoms with Crippen LogP contribution in [0.1, 0.15) is 22.2 Å². The molecule has 1 amide bonds. The second-order valence-corrected chi connectivity index (χ2v) is 6.97. The third kappa shape index (κ3) is 3.99. The Hall–Kier alpha value is -2.78. The van der Waals surface area contributed by atoms with Crippen LogP contribution < -0.4 is 15.8 Å². The molecule has 3 rings (SSSR count). The number of rotatable bonds is 7. The largest absolute Gasteiger partial charge is 0.486 e. The lowest BCUT2D eigenvalue weighted by atomic mass is 10.2. The third-order valence-electron chi connectivity index (χ3n) is 3.88. The molecule has 0 saturated heterocycles. The van der Waals surface area contributed by atoms with Gasteiger partial charge < -0.3 is 20.5 Å². The first kappa shape index (κ1) is 19.0. The van der Waals surface area contributed by atoms with Crippen molar-refractivity contribution in [2.24, 2.45) is 5.73 Å². The number of nitrogens with two attached hydrogens (primary N) is 1. The van der Waals surface area contributed by atoms with E-state index in [0.717, 1.165) is 0 Å². The van der Waals surface area contributed by atoms with Crippen LogP contribution in [0.2, 0.25) is 0 Å². The Labute approximate surface area is 159 Å². The van der Waals surface area contributed by atoms with Crippen LogP contribution in [0.15, 0.2) is 24.5 Å². The molecule has 142 valence electrons. The minimum absolute atomic E-state index is 0.271. The maximum Gasteiger partial charge on any atom is 0.259 e. The molecular formula is C18H19FN4O3S. The standard InChI is InChI=1S/C18H19FN4O3S/c1-9(7-25-3)26-13-6-11(19)4-5-12(13)23-17-14-10(2)15(16(20)24)27-18(14)22-8-21-17/h4-6,8-9H,7H2,1-3H3,(H2,20,24)(H,21,22,23). The van der Waals surface area contributed by atoms with Gasteiger partial charge in [-0.2, -0.15) is 0 Å². The number of nitrogens with one attached hydrogen (secondary N) is 1. The van der Waals surface area contributed by atoms with Crippen LogP contribution in [0.3, 0.4) is 0 Å². The van der Waals surface area contributed by atoms with Gasteiger partial charge in [-0.3, -0.25) is 4.79 Å². The van der Waals surface area contributed by atoms with Gasteiger partial charge in [-0.25, -0.2) is 14.4 Å². The van der Waals surface area contributed by atoms with E-state index in [1.54, 1.807) is 20.1 Å². The van der Waals surface area contributed by atoms with E-state index in [1.165, 1.54) is 29.8 Å². The molecule has 0 spiro atoms. The maximum absolute atomic E-state index is 13.7. The van der Waals surface area contributed by atoms with E-state index >= 15 is 0 Å². The number of thiophene rings is 1. The number of carbonyl (C=O) groups excluding carboxylic acids is 1. The van der Waals surface area contributed by atoms with Crippen molar-refractivity contribution in [1.29, 1.82) is 0 Å². The van der Waals surface area contributed by atoms with Crippen LogP contribution in [0.4, 0.5) is 15.9 Å². The molecule has 0 aliphatic carbocycles. The molecular weight excluding hydrogens is 371 g/mol. The molecule has 3 aromatic rings. The predicted octanol–water partition coefficient (Wildman–Crippen LogP) is 3.40. The molecule has 7 nitrogen and oxygen atoms in total. The molecule has 1 atom stereocenters. The Morgan fingerprint density at radius 1 is 1.41 bits per heavy atom. The molecule has 0 aliphatic heterocycles. The molecule has 3 N–H and O–H groups in total. The van der Waals surface area contributed by atoms with Crippen LogP contribution in [0.5, 0.6) is 5.75 Å². The van der Waals surface area contributed by atoms with Crippen molar-refractivity contribution in [1.82, 2.24) is 9.97 Å². The Morgan fingerprint density at radius 3 is 2.89 bits per heavy atom. The number of aromatic nitrogens is 2. The molecule has 1 aromatic carbocycles. The van der Waals surface area contributed by atoms with Gasteiger partial charge in [0.15, 0.2) is 0 Å². The number of amides is 1. The van der Waals surface area contributed by atoms with Crippen LogP contribution in [0.25, 0.3) is 10.2 Å². The highest BCUT2D eigenvalue weighted by Crippen LogP contribution is 2.36. The van der Waals surface area contributed by atoms with Gasteiger partial charge in [0.05, 0.1) is 22.6 Å². The van der Waals surface area contributed by atoms with E-state index in [1.807, 2.05) is 6.92 Å². The lowest BCUT2D eigenvalue weighted by Gasteiger charge is -2.18. The fourth-order valence-electron chi connectivity index (χ4n) is 2.71. The fraction of sp³-hybridized carbons (Fsp3) is 0.278. The topological polar surface area (TPSA) is 99.4 Å². The lowest BCUT2D eigenvalue weighted by Crippen LogP contribution is -2.18. The van der Waals surface area contributed by atoms with Crippen molar-refractivity contribution in [2.75, 3.05) is 19.0 Å². The monoisotopic (exact) mass is 390 g/mol. The normalized spacial score (nSPS) is 12.1. The van der Waals surface area contributed by atoms with Gasteiger partial charge in [0.1, 0.15) is 34.6 Å². The molecule has 0 saturated carbocycles. The maximum atomic E-state index is 13.7. The number of hydrogen-bond donors (Lipinski definition) is 2. The van der Waals surface area contributed by atoms with Crippen LogP contribution in [-0.4, -0.2) is 35.7 Å². The summed E-state index contributed by atoms with van der Waals surface area (Å²) in [4.78, 5) is 21.2. The zero-order chi connectivity index (χ0) is 19.6. The van der Waals surface area contributed by atoms with Crippen molar-refractivity contribution < 1.29 is 18.7 Å². The van der Waals surface area contributed by atoms with E-state index in [4.69, 9.17) is 15.2 Å². The third-order valence-corrected chi connectivity index (χ3v) is 5.09. The average molecular weight is 390 g/mol. The van der Waals surface area contributed by atoms with Crippen molar-refractivity contribution in [2.45, 2.75) is 20.0 Å². The lowest BCUT2D eigenvalue weighted by molar-refractivity contribution is 0.0923. The molecule has 27 heavy (non-hydrogen) atoms. The summed E-state index contributed by atoms with van der Waals surface area (Å²) in [5.74, 6) is -0.122. The summed E-state index contributed by atoms with van der Waals surface area (Å²) in [5.41, 5.74) is 6.66. The van der Waals surface area contributed by atoms with Crippen molar-refractivity contribution in [3.63, 3.8) is 0 Å². The molecule has 0 bridgehead atoms. The molecule has 0 fully saturated rings. The molecule has 2 heterocycles. The van der Waals surface area contributed by atoms with Gasteiger partial charge in [-0.1, -0.05) is 0 Å². The van der Waals surface area contributed by atoms with Gasteiger partial charge in [0.2, 0.25) is 0 Å². The Kier molecular flexibility index (Phi) is 5.52. The van der Waals surface area contributed by atoms with Crippen LogP contribution >= 0.6 is 11.3 Å². The van der Waals surface area contributed by atoms with Gasteiger partial charge in [0, 0.05) is 13.2 Å². The summed E-state index contributed by atoms with van der Waals surface area (Å²) < 4.78 is 24.6. The number of ether oxygens (including phenoxy) is 2. The van der Waals surface area contributed by atoms with Gasteiger partial charge in [-0.05, 0) is 31.5 Å². The second kappa shape index (κ2) is 7.85. The summed E-state index contributed by atoms with van der Waals surface area (Å²) in [7, 11) is 1.57. The number of nitrogens with zero attached hydrogens (tertiary/aromatic N) is 2. The van der Waals surface area contributed by atoms with Crippen molar-refractivity contribution in [3.8, 4) is 5.75 Å². The summed E-state index contributed by atoms with van der Waals surface area (Å²) in [6.45, 7) is 3.97. The molecule has 0 radical (unpaired) electrons. The first-order chi connectivity index (χ1) is 12.9. The number of fused-ring (bicyclic) bond motifs is 1.